The van der Waals surface area contributed by atoms with E-state index in [4.69, 9.17) is 0 Å². The van der Waals surface area contributed by atoms with E-state index in [1.807, 2.05) is 0 Å². The van der Waals surface area contributed by atoms with Crippen LogP contribution in [0.25, 0.3) is 0 Å². The van der Waals surface area contributed by atoms with E-state index in [0.717, 1.165) is 12.8 Å². The van der Waals surface area contributed by atoms with Crippen molar-refractivity contribution >= 4 is 0 Å². The van der Waals surface area contributed by atoms with Gasteiger partial charge in [0.05, 0.1) is 6.10 Å². The van der Waals surface area contributed by atoms with Crippen molar-refractivity contribution in [2.24, 2.45) is 5.41 Å². The van der Waals surface area contributed by atoms with Gasteiger partial charge in [0.2, 0.25) is 0 Å². The van der Waals surface area contributed by atoms with Crippen LogP contribution in [-0.2, 0) is 0 Å². The summed E-state index contributed by atoms with van der Waals surface area (Å²) in [6, 6.07) is 0. The molecule has 0 aromatic rings. The predicted octanol–water partition coefficient (Wildman–Crippen LogP) is 3.12. The first-order valence-electron chi connectivity index (χ1n) is 5.34. The maximum absolute atomic E-state index is 9.37. The Morgan fingerprint density at radius 3 is 2.42 bits per heavy atom. The molecule has 1 aliphatic carbocycles. The monoisotopic (exact) mass is 170 g/mol. The van der Waals surface area contributed by atoms with Crippen LogP contribution >= 0.6 is 0 Å². The predicted molar refractivity (Wildman–Crippen MR) is 52.1 cm³/mol. The van der Waals surface area contributed by atoms with Crippen LogP contribution in [0.1, 0.15) is 58.8 Å². The molecule has 0 atom stereocenters. The molecule has 0 unspecified atom stereocenters. The minimum absolute atomic E-state index is 0.000276. The van der Waals surface area contributed by atoms with Gasteiger partial charge in [-0.15, -0.1) is 0 Å². The lowest BCUT2D eigenvalue weighted by Crippen LogP contribution is -2.26. The fraction of sp³-hybridized carbons (Fsp3) is 1.00. The van der Waals surface area contributed by atoms with Crippen molar-refractivity contribution in [1.82, 2.24) is 0 Å². The van der Waals surface area contributed by atoms with Gasteiger partial charge in [-0.3, -0.25) is 0 Å². The lowest BCUT2D eigenvalue weighted by molar-refractivity contribution is 0.0659. The highest BCUT2D eigenvalue weighted by molar-refractivity contribution is 4.81. The largest absolute Gasteiger partial charge is 0.393 e. The van der Waals surface area contributed by atoms with Gasteiger partial charge < -0.3 is 5.11 Å². The SMILES string of the molecule is CCCCC1(C)CCC(O)CC1. The van der Waals surface area contributed by atoms with Gasteiger partial charge in [-0.2, -0.15) is 0 Å². The summed E-state index contributed by atoms with van der Waals surface area (Å²) in [5, 5.41) is 9.37. The van der Waals surface area contributed by atoms with E-state index in [9.17, 15) is 5.11 Å². The van der Waals surface area contributed by atoms with Crippen LogP contribution < -0.4 is 0 Å². The molecule has 12 heavy (non-hydrogen) atoms. The standard InChI is InChI=1S/C11H22O/c1-3-4-7-11(2)8-5-10(12)6-9-11/h10,12H,3-9H2,1-2H3. The van der Waals surface area contributed by atoms with Crippen LogP contribution in [0, 0.1) is 5.41 Å². The second-order valence-electron chi connectivity index (χ2n) is 4.65. The number of aliphatic hydroxyl groups is 1. The maximum Gasteiger partial charge on any atom is 0.0540 e. The first-order valence-corrected chi connectivity index (χ1v) is 5.34. The average Bonchev–Trinajstić information content (AvgIpc) is 2.08. The molecule has 0 heterocycles. The second-order valence-corrected chi connectivity index (χ2v) is 4.65. The summed E-state index contributed by atoms with van der Waals surface area (Å²) in [5.41, 5.74) is 0.551. The number of unbranched alkanes of at least 4 members (excludes halogenated alkanes) is 1. The van der Waals surface area contributed by atoms with Gasteiger partial charge in [-0.05, 0) is 37.5 Å². The van der Waals surface area contributed by atoms with Crippen LogP contribution in [0.15, 0.2) is 0 Å². The summed E-state index contributed by atoms with van der Waals surface area (Å²) < 4.78 is 0. The van der Waals surface area contributed by atoms with Gasteiger partial charge in [0, 0.05) is 0 Å². The molecule has 1 heteroatoms. The molecule has 1 N–H and O–H groups in total. The molecule has 0 bridgehead atoms. The van der Waals surface area contributed by atoms with Crippen molar-refractivity contribution in [3.05, 3.63) is 0 Å². The van der Waals surface area contributed by atoms with Crippen molar-refractivity contribution in [3.8, 4) is 0 Å². The number of rotatable bonds is 3. The van der Waals surface area contributed by atoms with Crippen molar-refractivity contribution < 1.29 is 5.11 Å². The van der Waals surface area contributed by atoms with Gasteiger partial charge in [0.1, 0.15) is 0 Å². The first kappa shape index (κ1) is 10.0. The second kappa shape index (κ2) is 4.27. The third kappa shape index (κ3) is 2.78. The van der Waals surface area contributed by atoms with Crippen LogP contribution in [-0.4, -0.2) is 11.2 Å². The number of aliphatic hydroxyl groups excluding tert-OH is 1. The highest BCUT2D eigenvalue weighted by Gasteiger charge is 2.29. The van der Waals surface area contributed by atoms with Crippen LogP contribution in [0.4, 0.5) is 0 Å². The van der Waals surface area contributed by atoms with Crippen LogP contribution in [0.5, 0.6) is 0 Å². The molecule has 0 saturated heterocycles. The fourth-order valence-corrected chi connectivity index (χ4v) is 2.15. The number of hydrogen-bond acceptors (Lipinski definition) is 1. The van der Waals surface area contributed by atoms with E-state index >= 15 is 0 Å². The topological polar surface area (TPSA) is 20.2 Å². The van der Waals surface area contributed by atoms with Crippen LogP contribution in [0.2, 0.25) is 0 Å². The van der Waals surface area contributed by atoms with Gasteiger partial charge in [0.15, 0.2) is 0 Å². The van der Waals surface area contributed by atoms with Crippen molar-refractivity contribution in [1.29, 1.82) is 0 Å². The summed E-state index contributed by atoms with van der Waals surface area (Å²) in [6.07, 6.45) is 8.53. The van der Waals surface area contributed by atoms with Crippen LogP contribution in [0.3, 0.4) is 0 Å². The average molecular weight is 170 g/mol. The molecular weight excluding hydrogens is 148 g/mol. The molecule has 0 aromatic heterocycles. The Kier molecular flexibility index (Phi) is 3.57. The quantitative estimate of drug-likeness (QED) is 0.690. The molecule has 72 valence electrons. The molecule has 1 saturated carbocycles. The third-order valence-electron chi connectivity index (χ3n) is 3.30. The Labute approximate surface area is 76.2 Å². The van der Waals surface area contributed by atoms with E-state index in [1.54, 1.807) is 0 Å². The van der Waals surface area contributed by atoms with E-state index in [1.165, 1.54) is 32.1 Å². The Morgan fingerprint density at radius 1 is 1.33 bits per heavy atom. The smallest absolute Gasteiger partial charge is 0.0540 e. The van der Waals surface area contributed by atoms with Gasteiger partial charge in [0.25, 0.3) is 0 Å². The summed E-state index contributed by atoms with van der Waals surface area (Å²) in [4.78, 5) is 0. The molecule has 0 aliphatic heterocycles. The fourth-order valence-electron chi connectivity index (χ4n) is 2.15. The van der Waals surface area contributed by atoms with E-state index in [0.29, 0.717) is 5.41 Å². The molecular formula is C11H22O. The van der Waals surface area contributed by atoms with E-state index < -0.39 is 0 Å². The summed E-state index contributed by atoms with van der Waals surface area (Å²) in [6.45, 7) is 4.63. The molecule has 1 fully saturated rings. The Bertz CT molecular complexity index is 117. The van der Waals surface area contributed by atoms with Gasteiger partial charge >= 0.3 is 0 Å². The summed E-state index contributed by atoms with van der Waals surface area (Å²) in [5.74, 6) is 0. The Balaban J connectivity index is 2.29. The van der Waals surface area contributed by atoms with Crippen molar-refractivity contribution in [2.75, 3.05) is 0 Å². The lowest BCUT2D eigenvalue weighted by atomic mass is 9.72. The Hall–Kier alpha value is -0.0400. The molecule has 1 rings (SSSR count). The third-order valence-corrected chi connectivity index (χ3v) is 3.30. The molecule has 0 spiro atoms. The number of hydrogen-bond donors (Lipinski definition) is 1. The van der Waals surface area contributed by atoms with E-state index in [-0.39, 0.29) is 6.10 Å². The van der Waals surface area contributed by atoms with Crippen molar-refractivity contribution in [2.45, 2.75) is 64.9 Å². The highest BCUT2D eigenvalue weighted by Crippen LogP contribution is 2.39. The zero-order chi connectivity index (χ0) is 9.03. The zero-order valence-electron chi connectivity index (χ0n) is 8.47. The molecule has 0 radical (unpaired) electrons. The van der Waals surface area contributed by atoms with Gasteiger partial charge in [-0.1, -0.05) is 26.7 Å². The Morgan fingerprint density at radius 2 is 1.92 bits per heavy atom. The minimum Gasteiger partial charge on any atom is -0.393 e. The van der Waals surface area contributed by atoms with E-state index in [2.05, 4.69) is 13.8 Å². The molecule has 0 amide bonds. The zero-order valence-corrected chi connectivity index (χ0v) is 8.47. The van der Waals surface area contributed by atoms with Crippen molar-refractivity contribution in [3.63, 3.8) is 0 Å². The summed E-state index contributed by atoms with van der Waals surface area (Å²) in [7, 11) is 0. The lowest BCUT2D eigenvalue weighted by Gasteiger charge is -2.35. The van der Waals surface area contributed by atoms with Gasteiger partial charge in [-0.25, -0.2) is 0 Å². The molecule has 0 aromatic carbocycles. The first-order chi connectivity index (χ1) is 5.66. The molecule has 1 aliphatic rings. The maximum atomic E-state index is 9.37. The summed E-state index contributed by atoms with van der Waals surface area (Å²) >= 11 is 0. The highest BCUT2D eigenvalue weighted by atomic mass is 16.3. The molecule has 1 nitrogen and oxygen atoms in total. The minimum atomic E-state index is -0.000276. The normalized spacial score (nSPS) is 36.8.